The number of rotatable bonds is 3. The molecule has 1 aromatic rings. The zero-order valence-electron chi connectivity index (χ0n) is 14.1. The second-order valence-corrected chi connectivity index (χ2v) is 6.50. The number of hydrogen-bond donors (Lipinski definition) is 1. The molecule has 0 saturated carbocycles. The minimum Gasteiger partial charge on any atom is -0.444 e. The van der Waals surface area contributed by atoms with Crippen molar-refractivity contribution >= 4 is 17.5 Å². The van der Waals surface area contributed by atoms with Gasteiger partial charge in [-0.15, -0.1) is 0 Å². The predicted octanol–water partition coefficient (Wildman–Crippen LogP) is 3.18. The summed E-state index contributed by atoms with van der Waals surface area (Å²) in [4.78, 5) is 16.2. The Hall–Kier alpha value is -1.91. The third-order valence-corrected chi connectivity index (χ3v) is 3.54. The van der Waals surface area contributed by atoms with E-state index >= 15 is 0 Å². The standard InChI is InChI=1S/C17H27N3O2/c1-5-18-14-8-6-7-9-15(14)19-10-12-20(13-11-19)16(21)22-17(2,3)4/h6-9,18H,5,10-13H2,1-4H3. The molecule has 1 heterocycles. The molecule has 1 N–H and O–H groups in total. The number of para-hydroxylation sites is 2. The van der Waals surface area contributed by atoms with Crippen molar-refractivity contribution in [3.8, 4) is 0 Å². The Morgan fingerprint density at radius 2 is 1.82 bits per heavy atom. The van der Waals surface area contributed by atoms with Gasteiger partial charge in [0.05, 0.1) is 11.4 Å². The van der Waals surface area contributed by atoms with Gasteiger partial charge >= 0.3 is 6.09 Å². The summed E-state index contributed by atoms with van der Waals surface area (Å²) in [5.41, 5.74) is 1.91. The molecule has 0 unspecified atom stereocenters. The highest BCUT2D eigenvalue weighted by atomic mass is 16.6. The van der Waals surface area contributed by atoms with Crippen LogP contribution in [0.2, 0.25) is 0 Å². The number of carbonyl (C=O) groups excluding carboxylic acids is 1. The van der Waals surface area contributed by atoms with Gasteiger partial charge in [-0.3, -0.25) is 0 Å². The molecule has 1 fully saturated rings. The molecule has 1 aliphatic heterocycles. The Labute approximate surface area is 133 Å². The Morgan fingerprint density at radius 1 is 1.18 bits per heavy atom. The molecule has 1 aromatic carbocycles. The molecule has 1 saturated heterocycles. The van der Waals surface area contributed by atoms with Crippen LogP contribution in [0.15, 0.2) is 24.3 Å². The molecule has 0 atom stereocenters. The average Bonchev–Trinajstić information content (AvgIpc) is 2.47. The first-order valence-corrected chi connectivity index (χ1v) is 7.96. The number of nitrogens with zero attached hydrogens (tertiary/aromatic N) is 2. The van der Waals surface area contributed by atoms with Crippen LogP contribution in [0.5, 0.6) is 0 Å². The fourth-order valence-corrected chi connectivity index (χ4v) is 2.55. The maximum absolute atomic E-state index is 12.1. The van der Waals surface area contributed by atoms with E-state index in [9.17, 15) is 4.79 Å². The molecule has 0 aliphatic carbocycles. The van der Waals surface area contributed by atoms with Crippen molar-refractivity contribution in [1.82, 2.24) is 4.90 Å². The van der Waals surface area contributed by atoms with Crippen molar-refractivity contribution in [2.75, 3.05) is 42.9 Å². The summed E-state index contributed by atoms with van der Waals surface area (Å²) < 4.78 is 5.44. The fraction of sp³-hybridized carbons (Fsp3) is 0.588. The van der Waals surface area contributed by atoms with Gasteiger partial charge in [0.25, 0.3) is 0 Å². The Kier molecular flexibility index (Phi) is 5.16. The first kappa shape index (κ1) is 16.5. The van der Waals surface area contributed by atoms with Gasteiger partial charge in [-0.25, -0.2) is 4.79 Å². The third-order valence-electron chi connectivity index (χ3n) is 3.54. The molecule has 22 heavy (non-hydrogen) atoms. The topological polar surface area (TPSA) is 44.8 Å². The van der Waals surface area contributed by atoms with E-state index in [-0.39, 0.29) is 6.09 Å². The van der Waals surface area contributed by atoms with Crippen molar-refractivity contribution in [2.45, 2.75) is 33.3 Å². The summed E-state index contributed by atoms with van der Waals surface area (Å²) in [5.74, 6) is 0. The van der Waals surface area contributed by atoms with Crippen LogP contribution in [-0.4, -0.2) is 49.3 Å². The van der Waals surface area contributed by atoms with Gasteiger partial charge < -0.3 is 19.9 Å². The quantitative estimate of drug-likeness (QED) is 0.931. The summed E-state index contributed by atoms with van der Waals surface area (Å²) in [6.07, 6.45) is -0.216. The zero-order valence-corrected chi connectivity index (χ0v) is 14.1. The first-order valence-electron chi connectivity index (χ1n) is 7.96. The van der Waals surface area contributed by atoms with Gasteiger partial charge in [0.1, 0.15) is 5.60 Å². The molecule has 0 spiro atoms. The van der Waals surface area contributed by atoms with Crippen LogP contribution in [0.1, 0.15) is 27.7 Å². The number of hydrogen-bond acceptors (Lipinski definition) is 4. The molecule has 0 aromatic heterocycles. The van der Waals surface area contributed by atoms with Crippen LogP contribution < -0.4 is 10.2 Å². The van der Waals surface area contributed by atoms with Gasteiger partial charge in [0, 0.05) is 32.7 Å². The van der Waals surface area contributed by atoms with E-state index in [4.69, 9.17) is 4.74 Å². The van der Waals surface area contributed by atoms with E-state index in [0.717, 1.165) is 25.3 Å². The molecule has 5 nitrogen and oxygen atoms in total. The molecule has 2 rings (SSSR count). The molecule has 1 amide bonds. The molecule has 0 radical (unpaired) electrons. The summed E-state index contributed by atoms with van der Waals surface area (Å²) in [5, 5.41) is 3.39. The Balaban J connectivity index is 1.96. The maximum atomic E-state index is 12.1. The smallest absolute Gasteiger partial charge is 0.410 e. The number of piperazine rings is 1. The van der Waals surface area contributed by atoms with Crippen LogP contribution in [0.4, 0.5) is 16.2 Å². The van der Waals surface area contributed by atoms with E-state index in [2.05, 4.69) is 35.3 Å². The van der Waals surface area contributed by atoms with Crippen molar-refractivity contribution in [1.29, 1.82) is 0 Å². The van der Waals surface area contributed by atoms with Crippen molar-refractivity contribution in [3.63, 3.8) is 0 Å². The van der Waals surface area contributed by atoms with Gasteiger partial charge in [0.2, 0.25) is 0 Å². The monoisotopic (exact) mass is 305 g/mol. The number of anilines is 2. The summed E-state index contributed by atoms with van der Waals surface area (Å²) >= 11 is 0. The highest BCUT2D eigenvalue weighted by molar-refractivity contribution is 5.72. The highest BCUT2D eigenvalue weighted by Gasteiger charge is 2.26. The fourth-order valence-electron chi connectivity index (χ4n) is 2.55. The summed E-state index contributed by atoms with van der Waals surface area (Å²) in [6.45, 7) is 11.7. The van der Waals surface area contributed by atoms with Crippen molar-refractivity contribution in [2.24, 2.45) is 0 Å². The molecule has 122 valence electrons. The van der Waals surface area contributed by atoms with Gasteiger partial charge in [-0.2, -0.15) is 0 Å². The molecular weight excluding hydrogens is 278 g/mol. The normalized spacial score (nSPS) is 15.6. The van der Waals surface area contributed by atoms with Crippen LogP contribution in [0.3, 0.4) is 0 Å². The zero-order chi connectivity index (χ0) is 16.2. The van der Waals surface area contributed by atoms with Gasteiger partial charge in [-0.05, 0) is 39.8 Å². The number of benzene rings is 1. The summed E-state index contributed by atoms with van der Waals surface area (Å²) in [6, 6.07) is 8.31. The second-order valence-electron chi connectivity index (χ2n) is 6.50. The lowest BCUT2D eigenvalue weighted by Crippen LogP contribution is -2.50. The first-order chi connectivity index (χ1) is 10.4. The molecule has 5 heteroatoms. The lowest BCUT2D eigenvalue weighted by atomic mass is 10.2. The number of ether oxygens (including phenoxy) is 1. The van der Waals surface area contributed by atoms with E-state index < -0.39 is 5.60 Å². The van der Waals surface area contributed by atoms with E-state index in [1.165, 1.54) is 5.69 Å². The average molecular weight is 305 g/mol. The highest BCUT2D eigenvalue weighted by Crippen LogP contribution is 2.26. The van der Waals surface area contributed by atoms with Gasteiger partial charge in [-0.1, -0.05) is 12.1 Å². The van der Waals surface area contributed by atoms with E-state index in [1.807, 2.05) is 26.8 Å². The predicted molar refractivity (Wildman–Crippen MR) is 90.6 cm³/mol. The van der Waals surface area contributed by atoms with Gasteiger partial charge in [0.15, 0.2) is 0 Å². The molecule has 1 aliphatic rings. The van der Waals surface area contributed by atoms with Crippen molar-refractivity contribution in [3.05, 3.63) is 24.3 Å². The lowest BCUT2D eigenvalue weighted by molar-refractivity contribution is 0.0240. The molecular formula is C17H27N3O2. The largest absolute Gasteiger partial charge is 0.444 e. The number of nitrogens with one attached hydrogen (secondary N) is 1. The van der Waals surface area contributed by atoms with Crippen LogP contribution in [0, 0.1) is 0 Å². The maximum Gasteiger partial charge on any atom is 0.410 e. The second kappa shape index (κ2) is 6.90. The van der Waals surface area contributed by atoms with Crippen LogP contribution in [0.25, 0.3) is 0 Å². The van der Waals surface area contributed by atoms with Crippen molar-refractivity contribution < 1.29 is 9.53 Å². The Bertz CT molecular complexity index is 503. The van der Waals surface area contributed by atoms with Crippen LogP contribution in [-0.2, 0) is 4.74 Å². The number of carbonyl (C=O) groups is 1. The Morgan fingerprint density at radius 3 is 2.41 bits per heavy atom. The minimum absolute atomic E-state index is 0.216. The van der Waals surface area contributed by atoms with E-state index in [0.29, 0.717) is 13.1 Å². The lowest BCUT2D eigenvalue weighted by Gasteiger charge is -2.37. The number of amides is 1. The third kappa shape index (κ3) is 4.29. The molecule has 0 bridgehead atoms. The SMILES string of the molecule is CCNc1ccccc1N1CCN(C(=O)OC(C)(C)C)CC1. The van der Waals surface area contributed by atoms with Crippen LogP contribution >= 0.6 is 0 Å². The minimum atomic E-state index is -0.439. The van der Waals surface area contributed by atoms with E-state index in [1.54, 1.807) is 4.90 Å². The summed E-state index contributed by atoms with van der Waals surface area (Å²) in [7, 11) is 0.